The smallest absolute Gasteiger partial charge is 0.376 e. The van der Waals surface area contributed by atoms with E-state index in [0.717, 1.165) is 19.3 Å². The van der Waals surface area contributed by atoms with Crippen LogP contribution in [0.1, 0.15) is 101 Å². The number of nitrogens with zero attached hydrogens (tertiary/aromatic N) is 2. The number of thiophene rings is 1. The molecule has 2 fully saturated rings. The lowest BCUT2D eigenvalue weighted by atomic mass is 9.84. The summed E-state index contributed by atoms with van der Waals surface area (Å²) in [5.41, 5.74) is -1.18. The average molecular weight is 796 g/mol. The molecule has 2 heterocycles. The molecule has 1 aliphatic carbocycles. The Balaban J connectivity index is 1.86. The summed E-state index contributed by atoms with van der Waals surface area (Å²) >= 11 is 1.23. The Kier molecular flexibility index (Phi) is 16.3. The number of ketones is 1. The Morgan fingerprint density at radius 1 is 1.09 bits per heavy atom. The van der Waals surface area contributed by atoms with Crippen LogP contribution >= 0.6 is 11.3 Å². The first-order valence-corrected chi connectivity index (χ1v) is 21.8. The summed E-state index contributed by atoms with van der Waals surface area (Å²) < 4.78 is 27.2. The molecule has 2 aliphatic rings. The van der Waals surface area contributed by atoms with Gasteiger partial charge in [-0.3, -0.25) is 19.3 Å². The second-order valence-corrected chi connectivity index (χ2v) is 20.6. The first-order valence-electron chi connectivity index (χ1n) is 19.4. The molecule has 0 spiro atoms. The Morgan fingerprint density at radius 2 is 1.76 bits per heavy atom. The molecule has 15 heteroatoms. The highest BCUT2D eigenvalue weighted by Gasteiger charge is 2.48. The van der Waals surface area contributed by atoms with Crippen LogP contribution in [-0.2, 0) is 24.4 Å². The molecule has 6 N–H and O–H groups in total. The maximum absolute atomic E-state index is 14.2. The van der Waals surface area contributed by atoms with Crippen molar-refractivity contribution in [2.24, 2.45) is 28.6 Å². The lowest BCUT2D eigenvalue weighted by Crippen LogP contribution is -2.64. The lowest BCUT2D eigenvalue weighted by Gasteiger charge is -2.42. The number of Topliss-reactive ketones (excluding diaryl/α,β-unsaturated/α-hetero) is 1. The van der Waals surface area contributed by atoms with Gasteiger partial charge >= 0.3 is 16.1 Å². The van der Waals surface area contributed by atoms with Gasteiger partial charge in [0.1, 0.15) is 6.23 Å². The predicted octanol–water partition coefficient (Wildman–Crippen LogP) is 4.65. The molecule has 3 rings (SSSR count). The van der Waals surface area contributed by atoms with Gasteiger partial charge in [-0.1, -0.05) is 81.2 Å². The van der Waals surface area contributed by atoms with Crippen LogP contribution in [0.15, 0.2) is 34.4 Å². The van der Waals surface area contributed by atoms with E-state index in [1.54, 1.807) is 26.7 Å². The number of aliphatic hydroxyl groups excluding tert-OH is 1. The minimum absolute atomic E-state index is 0.0603. The largest absolute Gasteiger partial charge is 0.385 e. The summed E-state index contributed by atoms with van der Waals surface area (Å²) in [4.78, 5) is 55.6. The normalized spacial score (nSPS) is 21.5. The van der Waals surface area contributed by atoms with Gasteiger partial charge in [-0.05, 0) is 71.8 Å². The van der Waals surface area contributed by atoms with Crippen LogP contribution in [0.2, 0.25) is 0 Å². The number of aliphatic hydroxyl groups is 1. The third-order valence-electron chi connectivity index (χ3n) is 10.6. The monoisotopic (exact) mass is 795 g/mol. The topological polar surface area (TPSA) is 182 Å². The van der Waals surface area contributed by atoms with Crippen molar-refractivity contribution in [1.82, 2.24) is 30.5 Å². The quantitative estimate of drug-likeness (QED) is 0.0724. The van der Waals surface area contributed by atoms with Crippen LogP contribution in [0.4, 0.5) is 4.79 Å². The number of carbonyl (C=O) groups is 4. The average Bonchev–Trinajstić information content (AvgIpc) is 3.51. The highest BCUT2D eigenvalue weighted by Crippen LogP contribution is 2.36. The zero-order chi connectivity index (χ0) is 40.6. The van der Waals surface area contributed by atoms with Crippen molar-refractivity contribution in [2.75, 3.05) is 26.2 Å². The maximum Gasteiger partial charge on any atom is 0.385 e. The van der Waals surface area contributed by atoms with Gasteiger partial charge in [0.25, 0.3) is 5.91 Å². The van der Waals surface area contributed by atoms with Crippen LogP contribution in [0.3, 0.4) is 0 Å². The number of likely N-dealkylation sites (tertiary alicyclic amines) is 1. The number of urea groups is 1. The fourth-order valence-corrected chi connectivity index (χ4v) is 9.65. The molecule has 1 aromatic heterocycles. The summed E-state index contributed by atoms with van der Waals surface area (Å²) in [5.74, 6) is -1.75. The van der Waals surface area contributed by atoms with Crippen molar-refractivity contribution < 1.29 is 32.7 Å². The van der Waals surface area contributed by atoms with Gasteiger partial charge in [-0.2, -0.15) is 8.51 Å². The molecule has 54 heavy (non-hydrogen) atoms. The van der Waals surface area contributed by atoms with Gasteiger partial charge < -0.3 is 26.4 Å². The molecule has 13 nitrogen and oxygen atoms in total. The Bertz CT molecular complexity index is 1530. The third-order valence-corrected chi connectivity index (χ3v) is 13.8. The molecule has 1 saturated heterocycles. The lowest BCUT2D eigenvalue weighted by molar-refractivity contribution is -0.142. The van der Waals surface area contributed by atoms with Crippen LogP contribution in [0.5, 0.6) is 0 Å². The molecule has 1 saturated carbocycles. The van der Waals surface area contributed by atoms with Crippen LogP contribution in [0, 0.1) is 28.6 Å². The van der Waals surface area contributed by atoms with E-state index in [2.05, 4.69) is 27.8 Å². The van der Waals surface area contributed by atoms with Crippen LogP contribution < -0.4 is 21.3 Å². The van der Waals surface area contributed by atoms with Crippen LogP contribution in [-0.4, -0.2) is 103 Å². The number of amides is 4. The standard InChI is InChI=1S/C39H66N6O7S2/c1-11-13-15-28(32(46)35(48)40-20-12-2)41-34(47)31-27(25(3)4)19-21-45(31)36(49)33(39(8,9)10)43-37(50)42-29(38(5,6)7)24-44(23-26-17-18-26)54(51,52)30-16-14-22-53-30/h12,14,16,22,25-29,31,33,36,49H,2,11,13,15,17-21,23-24H2,1,3-10H3,(H,40,48)(H,41,47)(H2,42,43,50)/p+1/t27-,28?,29-,31+,33-,36?/m1/s1. The first-order chi connectivity index (χ1) is 25.1. The molecule has 0 radical (unpaired) electrons. The number of unbranched alkanes of at least 4 members (excludes halogenated alkanes) is 1. The van der Waals surface area contributed by atoms with Gasteiger partial charge in [0.2, 0.25) is 11.7 Å². The number of nitrogens with one attached hydrogen (secondary N) is 4. The van der Waals surface area contributed by atoms with Gasteiger partial charge in [-0.15, -0.1) is 17.9 Å². The second-order valence-electron chi connectivity index (χ2n) is 17.5. The van der Waals surface area contributed by atoms with Crippen molar-refractivity contribution in [3.8, 4) is 0 Å². The highest BCUT2D eigenvalue weighted by atomic mass is 32.2. The van der Waals surface area contributed by atoms with Crippen molar-refractivity contribution in [3.63, 3.8) is 0 Å². The number of rotatable bonds is 20. The minimum atomic E-state index is -3.53. The van der Waals surface area contributed by atoms with E-state index in [4.69, 9.17) is 0 Å². The number of carbonyl (C=O) groups excluding carboxylic acids is 4. The first kappa shape index (κ1) is 45.5. The summed E-state index contributed by atoms with van der Waals surface area (Å²) in [5, 5.41) is 25.4. The zero-order valence-corrected chi connectivity index (χ0v) is 35.5. The van der Waals surface area contributed by atoms with E-state index < -0.39 is 74.9 Å². The fourth-order valence-electron chi connectivity index (χ4n) is 6.94. The molecular weight excluding hydrogens is 729 g/mol. The molecular formula is C39H67N6O7S2+. The van der Waals surface area contributed by atoms with Crippen molar-refractivity contribution >= 4 is 45.0 Å². The van der Waals surface area contributed by atoms with E-state index in [9.17, 15) is 32.7 Å². The van der Waals surface area contributed by atoms with Crippen molar-refractivity contribution in [1.29, 1.82) is 0 Å². The summed E-state index contributed by atoms with van der Waals surface area (Å²) in [6.07, 6.45) is 4.46. The van der Waals surface area contributed by atoms with Gasteiger partial charge in [0.15, 0.2) is 4.21 Å². The van der Waals surface area contributed by atoms with Gasteiger partial charge in [0.05, 0.1) is 18.1 Å². The molecule has 0 bridgehead atoms. The number of hydrogen-bond acceptors (Lipinski definition) is 8. The van der Waals surface area contributed by atoms with Crippen LogP contribution in [0.25, 0.3) is 0 Å². The summed E-state index contributed by atoms with van der Waals surface area (Å²) in [7, 11) is -3.53. The SMILES string of the molecule is C=CCNC(=O)C(=O)C(CCCC)NC(=O)[C@@H]1[C@@H](C(C)C)CCN1C(O)[C@@H](NC(=O)N[C@H](CN(CC1CC1)S(=O)(=[OH+])c1cccs1)C(C)(C)C)C(C)(C)C. The summed E-state index contributed by atoms with van der Waals surface area (Å²) in [6.45, 7) is 22.2. The van der Waals surface area contributed by atoms with Gasteiger partial charge in [0, 0.05) is 32.2 Å². The fraction of sp³-hybridized carbons (Fsp3) is 0.744. The van der Waals surface area contributed by atoms with E-state index in [-0.39, 0.29) is 24.9 Å². The van der Waals surface area contributed by atoms with E-state index in [1.807, 2.05) is 62.3 Å². The van der Waals surface area contributed by atoms with E-state index >= 15 is 0 Å². The molecule has 1 aliphatic heterocycles. The van der Waals surface area contributed by atoms with E-state index in [0.29, 0.717) is 42.5 Å². The maximum atomic E-state index is 14.2. The van der Waals surface area contributed by atoms with Crippen molar-refractivity contribution in [2.45, 2.75) is 135 Å². The van der Waals surface area contributed by atoms with E-state index in [1.165, 1.54) is 17.4 Å². The second kappa shape index (κ2) is 19.3. The molecule has 1 aromatic rings. The predicted molar refractivity (Wildman–Crippen MR) is 214 cm³/mol. The highest BCUT2D eigenvalue weighted by molar-refractivity contribution is 7.91. The molecule has 3 unspecified atom stereocenters. The number of hydrogen-bond donors (Lipinski definition) is 5. The molecule has 0 aromatic carbocycles. The molecule has 7 atom stereocenters. The minimum Gasteiger partial charge on any atom is -0.376 e. The molecule has 4 amide bonds. The Labute approximate surface area is 327 Å². The Morgan fingerprint density at radius 3 is 2.28 bits per heavy atom. The summed E-state index contributed by atoms with van der Waals surface area (Å²) in [6, 6.07) is -0.375. The zero-order valence-electron chi connectivity index (χ0n) is 33.9. The molecule has 306 valence electrons. The van der Waals surface area contributed by atoms with Crippen molar-refractivity contribution in [3.05, 3.63) is 30.2 Å². The third kappa shape index (κ3) is 12.3. The Hall–Kier alpha value is -2.85. The van der Waals surface area contributed by atoms with Gasteiger partial charge in [-0.25, -0.2) is 9.00 Å².